The minimum absolute atomic E-state index is 0.0779. The average molecular weight is 279 g/mol. The number of carbonyl (C=O) groups is 1. The van der Waals surface area contributed by atoms with Gasteiger partial charge in [-0.1, -0.05) is 30.0 Å². The van der Waals surface area contributed by atoms with Crippen LogP contribution in [0.3, 0.4) is 0 Å². The van der Waals surface area contributed by atoms with Gasteiger partial charge in [0.25, 0.3) is 0 Å². The van der Waals surface area contributed by atoms with Crippen molar-refractivity contribution >= 4 is 39.1 Å². The number of rotatable bonds is 3. The predicted octanol–water partition coefficient (Wildman–Crippen LogP) is 3.72. The summed E-state index contributed by atoms with van der Waals surface area (Å²) in [6.07, 6.45) is 3.43. The van der Waals surface area contributed by atoms with Gasteiger partial charge in [0.15, 0.2) is 0 Å². The lowest BCUT2D eigenvalue weighted by atomic mass is 10.2. The fourth-order valence-electron chi connectivity index (χ4n) is 1.30. The second-order valence-electron chi connectivity index (χ2n) is 3.45. The van der Waals surface area contributed by atoms with Gasteiger partial charge in [0.1, 0.15) is 15.9 Å². The number of hydrogen-bond donors (Lipinski definition) is 0. The molecule has 0 saturated heterocycles. The zero-order valence-corrected chi connectivity index (χ0v) is 11.1. The molecule has 0 bridgehead atoms. The molecule has 0 saturated carbocycles. The standard InChI is InChI=1S/C13H10FNOS2/c1-2-7-17-13-15-11(12(16)18-13)8-9-3-5-10(14)6-4-9/h2-6,8H,1,7H2/b11-8+. The van der Waals surface area contributed by atoms with Crippen molar-refractivity contribution in [1.29, 1.82) is 0 Å². The maximum atomic E-state index is 12.7. The normalized spacial score (nSPS) is 17.1. The van der Waals surface area contributed by atoms with Crippen molar-refractivity contribution in [2.24, 2.45) is 4.99 Å². The van der Waals surface area contributed by atoms with Gasteiger partial charge in [-0.05, 0) is 35.5 Å². The number of hydrogen-bond acceptors (Lipinski definition) is 4. The first-order valence-corrected chi connectivity index (χ1v) is 7.01. The zero-order valence-electron chi connectivity index (χ0n) is 9.43. The van der Waals surface area contributed by atoms with Crippen molar-refractivity contribution in [3.05, 3.63) is 54.0 Å². The van der Waals surface area contributed by atoms with Crippen LogP contribution in [0.25, 0.3) is 6.08 Å². The molecule has 1 heterocycles. The second-order valence-corrected chi connectivity index (χ2v) is 5.68. The maximum Gasteiger partial charge on any atom is 0.244 e. The van der Waals surface area contributed by atoms with E-state index in [2.05, 4.69) is 11.6 Å². The fraction of sp³-hybridized carbons (Fsp3) is 0.0769. The third-order valence-corrected chi connectivity index (χ3v) is 4.10. The van der Waals surface area contributed by atoms with Gasteiger partial charge in [0, 0.05) is 5.75 Å². The Morgan fingerprint density at radius 1 is 1.39 bits per heavy atom. The van der Waals surface area contributed by atoms with E-state index in [4.69, 9.17) is 0 Å². The van der Waals surface area contributed by atoms with Crippen molar-refractivity contribution < 1.29 is 9.18 Å². The van der Waals surface area contributed by atoms with Crippen molar-refractivity contribution in [1.82, 2.24) is 0 Å². The summed E-state index contributed by atoms with van der Waals surface area (Å²) in [6, 6.07) is 5.95. The highest BCUT2D eigenvalue weighted by Crippen LogP contribution is 2.30. The van der Waals surface area contributed by atoms with E-state index in [-0.39, 0.29) is 10.9 Å². The van der Waals surface area contributed by atoms with E-state index in [1.54, 1.807) is 24.3 Å². The number of halogens is 1. The third kappa shape index (κ3) is 3.34. The molecule has 2 rings (SSSR count). The summed E-state index contributed by atoms with van der Waals surface area (Å²) >= 11 is 2.60. The first-order valence-electron chi connectivity index (χ1n) is 5.21. The Morgan fingerprint density at radius 2 is 2.11 bits per heavy atom. The molecule has 0 aliphatic carbocycles. The van der Waals surface area contributed by atoms with Crippen LogP contribution < -0.4 is 0 Å². The van der Waals surface area contributed by atoms with Crippen LogP contribution in [0, 0.1) is 5.82 Å². The molecule has 92 valence electrons. The van der Waals surface area contributed by atoms with Crippen LogP contribution in [0.1, 0.15) is 5.56 Å². The van der Waals surface area contributed by atoms with Crippen molar-refractivity contribution in [3.63, 3.8) is 0 Å². The van der Waals surface area contributed by atoms with Gasteiger partial charge in [-0.15, -0.1) is 6.58 Å². The van der Waals surface area contributed by atoms with Gasteiger partial charge in [0.2, 0.25) is 5.12 Å². The van der Waals surface area contributed by atoms with Crippen LogP contribution in [0.2, 0.25) is 0 Å². The number of carbonyl (C=O) groups excluding carboxylic acids is 1. The average Bonchev–Trinajstić information content (AvgIpc) is 2.70. The molecule has 1 aromatic carbocycles. The Kier molecular flexibility index (Phi) is 4.38. The summed E-state index contributed by atoms with van der Waals surface area (Å²) in [5, 5.41) is -0.0779. The Balaban J connectivity index is 2.17. The van der Waals surface area contributed by atoms with E-state index in [9.17, 15) is 9.18 Å². The maximum absolute atomic E-state index is 12.7. The molecule has 0 aromatic heterocycles. The first kappa shape index (κ1) is 13.1. The second kappa shape index (κ2) is 6.02. The molecule has 0 atom stereocenters. The first-order chi connectivity index (χ1) is 8.69. The number of benzene rings is 1. The van der Waals surface area contributed by atoms with Gasteiger partial charge in [-0.2, -0.15) is 0 Å². The summed E-state index contributed by atoms with van der Waals surface area (Å²) in [6.45, 7) is 3.62. The zero-order chi connectivity index (χ0) is 13.0. The summed E-state index contributed by atoms with van der Waals surface area (Å²) in [5.41, 5.74) is 1.16. The monoisotopic (exact) mass is 279 g/mol. The third-order valence-electron chi connectivity index (χ3n) is 2.10. The molecule has 0 N–H and O–H groups in total. The van der Waals surface area contributed by atoms with Gasteiger partial charge in [0.05, 0.1) is 0 Å². The van der Waals surface area contributed by atoms with Gasteiger partial charge in [-0.25, -0.2) is 9.38 Å². The molecule has 0 unspecified atom stereocenters. The van der Waals surface area contributed by atoms with E-state index in [1.807, 2.05) is 0 Å². The molecular weight excluding hydrogens is 269 g/mol. The minimum Gasteiger partial charge on any atom is -0.279 e. The van der Waals surface area contributed by atoms with Crippen molar-refractivity contribution in [2.75, 3.05) is 5.75 Å². The van der Waals surface area contributed by atoms with E-state index in [1.165, 1.54) is 23.9 Å². The van der Waals surface area contributed by atoms with Crippen molar-refractivity contribution in [2.45, 2.75) is 0 Å². The molecule has 0 fully saturated rings. The van der Waals surface area contributed by atoms with Crippen LogP contribution in [0.4, 0.5) is 4.39 Å². The topological polar surface area (TPSA) is 29.4 Å². The van der Waals surface area contributed by atoms with E-state index >= 15 is 0 Å². The van der Waals surface area contributed by atoms with Crippen LogP contribution in [0.5, 0.6) is 0 Å². The highest BCUT2D eigenvalue weighted by molar-refractivity contribution is 8.45. The Bertz CT molecular complexity index is 534. The molecular formula is C13H10FNOS2. The number of nitrogens with zero attached hydrogens (tertiary/aromatic N) is 1. The molecule has 1 aromatic rings. The fourth-order valence-corrected chi connectivity index (χ4v) is 2.90. The highest BCUT2D eigenvalue weighted by atomic mass is 32.2. The van der Waals surface area contributed by atoms with Crippen LogP contribution in [0.15, 0.2) is 47.6 Å². The summed E-state index contributed by atoms with van der Waals surface area (Å²) < 4.78 is 13.5. The highest BCUT2D eigenvalue weighted by Gasteiger charge is 2.21. The Morgan fingerprint density at radius 3 is 2.78 bits per heavy atom. The Hall–Kier alpha value is -1.33. The van der Waals surface area contributed by atoms with Gasteiger partial charge >= 0.3 is 0 Å². The molecule has 5 heteroatoms. The lowest BCUT2D eigenvalue weighted by Gasteiger charge is -1.93. The quantitative estimate of drug-likeness (QED) is 0.624. The van der Waals surface area contributed by atoms with E-state index < -0.39 is 0 Å². The van der Waals surface area contributed by atoms with Crippen LogP contribution in [-0.4, -0.2) is 15.2 Å². The largest absolute Gasteiger partial charge is 0.279 e. The molecule has 0 amide bonds. The minimum atomic E-state index is -0.296. The predicted molar refractivity (Wildman–Crippen MR) is 77.1 cm³/mol. The summed E-state index contributed by atoms with van der Waals surface area (Å²) in [7, 11) is 0. The lowest BCUT2D eigenvalue weighted by Crippen LogP contribution is -1.88. The van der Waals surface area contributed by atoms with Gasteiger partial charge in [-0.3, -0.25) is 4.79 Å². The van der Waals surface area contributed by atoms with Gasteiger partial charge < -0.3 is 0 Å². The SMILES string of the molecule is C=CCSC1=N/C(=C/c2ccc(F)cc2)C(=O)S1. The molecule has 1 aliphatic heterocycles. The van der Waals surface area contributed by atoms with Crippen molar-refractivity contribution in [3.8, 4) is 0 Å². The smallest absolute Gasteiger partial charge is 0.244 e. The molecule has 0 spiro atoms. The summed E-state index contributed by atoms with van der Waals surface area (Å²) in [5.74, 6) is 0.429. The number of aliphatic imine (C=N–C) groups is 1. The summed E-state index contributed by atoms with van der Waals surface area (Å²) in [4.78, 5) is 15.9. The van der Waals surface area contributed by atoms with Crippen LogP contribution >= 0.6 is 23.5 Å². The molecule has 18 heavy (non-hydrogen) atoms. The van der Waals surface area contributed by atoms with E-state index in [0.29, 0.717) is 5.70 Å². The molecule has 1 aliphatic rings. The number of thioether (sulfide) groups is 2. The Labute approximate surface area is 113 Å². The lowest BCUT2D eigenvalue weighted by molar-refractivity contribution is -0.107. The van der Waals surface area contributed by atoms with Crippen LogP contribution in [-0.2, 0) is 4.79 Å². The molecule has 2 nitrogen and oxygen atoms in total. The van der Waals surface area contributed by atoms with E-state index in [0.717, 1.165) is 27.5 Å². The molecule has 0 radical (unpaired) electrons.